The maximum absolute atomic E-state index is 13.0. The highest BCUT2D eigenvalue weighted by Crippen LogP contribution is 2.38. The fourth-order valence-electron chi connectivity index (χ4n) is 4.34. The average molecular weight is 357 g/mol. The molecule has 0 unspecified atom stereocenters. The number of hydrogen-bond donors (Lipinski definition) is 1. The second kappa shape index (κ2) is 6.25. The zero-order valence-corrected chi connectivity index (χ0v) is 14.6. The van der Waals surface area contributed by atoms with E-state index in [2.05, 4.69) is 10.2 Å². The topological polar surface area (TPSA) is 71.1 Å². The maximum Gasteiger partial charge on any atom is 0.262 e. The zero-order valence-electron chi connectivity index (χ0n) is 14.6. The number of amides is 2. The molecule has 0 aromatic heterocycles. The molecule has 7 nitrogen and oxygen atoms in total. The molecule has 1 aromatic carbocycles. The lowest BCUT2D eigenvalue weighted by Crippen LogP contribution is -2.63. The van der Waals surface area contributed by atoms with Crippen LogP contribution in [0.2, 0.25) is 0 Å². The van der Waals surface area contributed by atoms with E-state index in [1.54, 1.807) is 18.2 Å². The average Bonchev–Trinajstić information content (AvgIpc) is 3.51. The van der Waals surface area contributed by atoms with Crippen LogP contribution in [0, 0.1) is 5.92 Å². The molecule has 3 heterocycles. The summed E-state index contributed by atoms with van der Waals surface area (Å²) in [7, 11) is 0. The molecule has 0 bridgehead atoms. The van der Waals surface area contributed by atoms with Gasteiger partial charge in [0.15, 0.2) is 6.61 Å². The molecule has 3 aliphatic heterocycles. The van der Waals surface area contributed by atoms with Gasteiger partial charge in [-0.2, -0.15) is 0 Å². The molecule has 2 saturated heterocycles. The van der Waals surface area contributed by atoms with Crippen LogP contribution in [0.1, 0.15) is 23.2 Å². The van der Waals surface area contributed by atoms with Crippen LogP contribution in [-0.4, -0.2) is 73.2 Å². The van der Waals surface area contributed by atoms with Gasteiger partial charge in [0.25, 0.3) is 11.8 Å². The van der Waals surface area contributed by atoms with Crippen molar-refractivity contribution >= 4 is 17.5 Å². The molecule has 26 heavy (non-hydrogen) atoms. The number of fused-ring (bicyclic) bond motifs is 2. The summed E-state index contributed by atoms with van der Waals surface area (Å²) < 4.78 is 11.3. The van der Waals surface area contributed by atoms with Crippen LogP contribution in [0.5, 0.6) is 5.75 Å². The summed E-state index contributed by atoms with van der Waals surface area (Å²) in [6.45, 7) is 3.89. The Hall–Kier alpha value is -2.12. The first-order valence-electron chi connectivity index (χ1n) is 9.38. The molecule has 3 fully saturated rings. The van der Waals surface area contributed by atoms with Crippen molar-refractivity contribution in [1.29, 1.82) is 0 Å². The number of rotatable bonds is 2. The largest absolute Gasteiger partial charge is 0.482 e. The zero-order chi connectivity index (χ0) is 17.7. The molecular formula is C19H23N3O4. The van der Waals surface area contributed by atoms with Gasteiger partial charge in [-0.15, -0.1) is 0 Å². The van der Waals surface area contributed by atoms with Crippen molar-refractivity contribution in [2.75, 3.05) is 44.8 Å². The van der Waals surface area contributed by atoms with Crippen molar-refractivity contribution in [3.8, 4) is 5.75 Å². The Kier molecular flexibility index (Phi) is 3.86. The Morgan fingerprint density at radius 2 is 2.08 bits per heavy atom. The third-order valence-corrected chi connectivity index (χ3v) is 5.87. The summed E-state index contributed by atoms with van der Waals surface area (Å²) in [4.78, 5) is 28.8. The predicted molar refractivity (Wildman–Crippen MR) is 94.3 cm³/mol. The second-order valence-corrected chi connectivity index (χ2v) is 7.63. The molecule has 1 aromatic rings. The Morgan fingerprint density at radius 1 is 1.19 bits per heavy atom. The molecule has 2 amide bonds. The molecule has 2 atom stereocenters. The van der Waals surface area contributed by atoms with Crippen molar-refractivity contribution in [2.45, 2.75) is 24.9 Å². The highest BCUT2D eigenvalue weighted by Gasteiger charge is 2.43. The Balaban J connectivity index is 1.30. The van der Waals surface area contributed by atoms with Gasteiger partial charge < -0.3 is 19.7 Å². The third kappa shape index (κ3) is 2.85. The number of carbonyl (C=O) groups is 2. The van der Waals surface area contributed by atoms with E-state index in [1.807, 2.05) is 4.90 Å². The van der Waals surface area contributed by atoms with Gasteiger partial charge >= 0.3 is 0 Å². The number of hydrogen-bond acceptors (Lipinski definition) is 5. The van der Waals surface area contributed by atoms with Crippen molar-refractivity contribution in [1.82, 2.24) is 9.80 Å². The first-order chi connectivity index (χ1) is 12.7. The number of benzene rings is 1. The number of morpholine rings is 1. The normalized spacial score (nSPS) is 28.6. The molecule has 1 aliphatic carbocycles. The summed E-state index contributed by atoms with van der Waals surface area (Å²) in [6.07, 6.45) is 2.62. The summed E-state index contributed by atoms with van der Waals surface area (Å²) in [6, 6.07) is 6.05. The highest BCUT2D eigenvalue weighted by atomic mass is 16.5. The van der Waals surface area contributed by atoms with Crippen molar-refractivity contribution in [3.05, 3.63) is 23.8 Å². The van der Waals surface area contributed by atoms with Gasteiger partial charge in [0.2, 0.25) is 0 Å². The second-order valence-electron chi connectivity index (χ2n) is 7.63. The lowest BCUT2D eigenvalue weighted by molar-refractivity contribution is -0.118. The molecule has 5 rings (SSSR count). The van der Waals surface area contributed by atoms with E-state index in [1.165, 1.54) is 12.8 Å². The van der Waals surface area contributed by atoms with Gasteiger partial charge in [-0.05, 0) is 37.0 Å². The number of nitrogens with one attached hydrogen (secondary N) is 1. The first kappa shape index (κ1) is 16.1. The van der Waals surface area contributed by atoms with Gasteiger partial charge in [0, 0.05) is 31.2 Å². The van der Waals surface area contributed by atoms with Crippen LogP contribution >= 0.6 is 0 Å². The fourth-order valence-corrected chi connectivity index (χ4v) is 4.34. The van der Waals surface area contributed by atoms with E-state index in [0.29, 0.717) is 42.2 Å². The number of nitrogens with zero attached hydrogens (tertiary/aromatic N) is 2. The van der Waals surface area contributed by atoms with Crippen LogP contribution in [0.15, 0.2) is 18.2 Å². The Labute approximate surface area is 152 Å². The fraction of sp³-hybridized carbons (Fsp3) is 0.579. The molecule has 0 radical (unpaired) electrons. The highest BCUT2D eigenvalue weighted by molar-refractivity contribution is 5.99. The number of ether oxygens (including phenoxy) is 2. The number of piperazine rings is 1. The van der Waals surface area contributed by atoms with E-state index in [9.17, 15) is 9.59 Å². The van der Waals surface area contributed by atoms with Gasteiger partial charge in [-0.1, -0.05) is 0 Å². The number of anilines is 1. The minimum Gasteiger partial charge on any atom is -0.482 e. The molecule has 1 N–H and O–H groups in total. The summed E-state index contributed by atoms with van der Waals surface area (Å²) >= 11 is 0. The van der Waals surface area contributed by atoms with Gasteiger partial charge in [-0.25, -0.2) is 0 Å². The number of carbonyl (C=O) groups excluding carboxylic acids is 2. The van der Waals surface area contributed by atoms with Crippen LogP contribution in [0.25, 0.3) is 0 Å². The quantitative estimate of drug-likeness (QED) is 0.853. The van der Waals surface area contributed by atoms with Crippen molar-refractivity contribution in [2.24, 2.45) is 5.92 Å². The van der Waals surface area contributed by atoms with E-state index in [-0.39, 0.29) is 18.4 Å². The standard InChI is InChI=1S/C19H23N3O4/c23-18-11-26-17-7-13(3-4-15(17)20-18)19(24)21-5-6-22-14(8-21)9-25-10-16(22)12-1-2-12/h3-4,7,12,14,16H,1-2,5-6,8-11H2,(H,20,23)/t14-,16-/m1/s1. The monoisotopic (exact) mass is 357 g/mol. The van der Waals surface area contributed by atoms with Gasteiger partial charge in [0.05, 0.1) is 24.9 Å². The van der Waals surface area contributed by atoms with Crippen LogP contribution < -0.4 is 10.1 Å². The molecule has 7 heteroatoms. The minimum atomic E-state index is -0.171. The first-order valence-corrected chi connectivity index (χ1v) is 9.38. The van der Waals surface area contributed by atoms with Crippen LogP contribution in [-0.2, 0) is 9.53 Å². The van der Waals surface area contributed by atoms with Crippen molar-refractivity contribution in [3.63, 3.8) is 0 Å². The Morgan fingerprint density at radius 3 is 2.92 bits per heavy atom. The summed E-state index contributed by atoms with van der Waals surface area (Å²) in [5.74, 6) is 1.19. The molecular weight excluding hydrogens is 334 g/mol. The predicted octanol–water partition coefficient (Wildman–Crippen LogP) is 0.953. The molecule has 4 aliphatic rings. The van der Waals surface area contributed by atoms with E-state index < -0.39 is 0 Å². The molecule has 0 spiro atoms. The third-order valence-electron chi connectivity index (χ3n) is 5.87. The van der Waals surface area contributed by atoms with E-state index in [0.717, 1.165) is 25.6 Å². The summed E-state index contributed by atoms with van der Waals surface area (Å²) in [5.41, 5.74) is 1.22. The van der Waals surface area contributed by atoms with Gasteiger partial charge in [-0.3, -0.25) is 14.5 Å². The van der Waals surface area contributed by atoms with Gasteiger partial charge in [0.1, 0.15) is 5.75 Å². The summed E-state index contributed by atoms with van der Waals surface area (Å²) in [5, 5.41) is 2.75. The van der Waals surface area contributed by atoms with E-state index in [4.69, 9.17) is 9.47 Å². The smallest absolute Gasteiger partial charge is 0.262 e. The lowest BCUT2D eigenvalue weighted by atomic mass is 10.0. The Bertz CT molecular complexity index is 748. The SMILES string of the molecule is O=C1COc2cc(C(=O)N3CCN4[C@@H](COC[C@@H]4C4CC4)C3)ccc2N1. The van der Waals surface area contributed by atoms with Crippen LogP contribution in [0.3, 0.4) is 0 Å². The lowest BCUT2D eigenvalue weighted by Gasteiger charge is -2.48. The maximum atomic E-state index is 13.0. The van der Waals surface area contributed by atoms with Crippen LogP contribution in [0.4, 0.5) is 5.69 Å². The molecule has 1 saturated carbocycles. The molecule has 138 valence electrons. The minimum absolute atomic E-state index is 0.00864. The van der Waals surface area contributed by atoms with E-state index >= 15 is 0 Å². The van der Waals surface area contributed by atoms with Crippen molar-refractivity contribution < 1.29 is 19.1 Å².